The molecule has 0 fully saturated rings. The van der Waals surface area contributed by atoms with Crippen LogP contribution in [-0.2, 0) is 25.6 Å². The fraction of sp³-hybridized carbons (Fsp3) is 0.308. The molecule has 180 valence electrons. The third-order valence-corrected chi connectivity index (χ3v) is 5.29. The molecule has 34 heavy (non-hydrogen) atoms. The second-order valence-corrected chi connectivity index (χ2v) is 7.50. The van der Waals surface area contributed by atoms with Gasteiger partial charge in [-0.2, -0.15) is 0 Å². The summed E-state index contributed by atoms with van der Waals surface area (Å²) in [4.78, 5) is 27.7. The lowest BCUT2D eigenvalue weighted by Gasteiger charge is -2.30. The molecule has 1 aliphatic heterocycles. The summed E-state index contributed by atoms with van der Waals surface area (Å²) in [5, 5.41) is 9.72. The van der Waals surface area contributed by atoms with Gasteiger partial charge in [-0.3, -0.25) is 0 Å². The third kappa shape index (κ3) is 5.51. The smallest absolute Gasteiger partial charge is 0.336 e. The van der Waals surface area contributed by atoms with Crippen molar-refractivity contribution in [3.8, 4) is 17.2 Å². The highest BCUT2D eigenvalue weighted by atomic mass is 16.5. The SMILES string of the molecule is CCOC(=O)C1=CN(Cc2ccc(OC)c(OC)c2)C=C(C(=O)OCC)C1c1ccc(O)cc1. The maximum absolute atomic E-state index is 13.0. The van der Waals surface area contributed by atoms with Crippen molar-refractivity contribution in [2.45, 2.75) is 26.3 Å². The molecule has 0 unspecified atom stereocenters. The van der Waals surface area contributed by atoms with Crippen molar-refractivity contribution in [3.63, 3.8) is 0 Å². The van der Waals surface area contributed by atoms with Gasteiger partial charge in [0.15, 0.2) is 11.5 Å². The first-order valence-electron chi connectivity index (χ1n) is 10.9. The molecule has 0 amide bonds. The van der Waals surface area contributed by atoms with Gasteiger partial charge in [-0.15, -0.1) is 0 Å². The molecule has 0 aromatic heterocycles. The van der Waals surface area contributed by atoms with Crippen LogP contribution >= 0.6 is 0 Å². The molecule has 0 saturated heterocycles. The number of carbonyl (C=O) groups is 2. The van der Waals surface area contributed by atoms with Crippen molar-refractivity contribution < 1.29 is 33.6 Å². The van der Waals surface area contributed by atoms with E-state index < -0.39 is 17.9 Å². The monoisotopic (exact) mass is 467 g/mol. The van der Waals surface area contributed by atoms with E-state index in [1.165, 1.54) is 12.1 Å². The predicted molar refractivity (Wildman–Crippen MR) is 125 cm³/mol. The second-order valence-electron chi connectivity index (χ2n) is 7.50. The van der Waals surface area contributed by atoms with Crippen molar-refractivity contribution in [1.82, 2.24) is 4.90 Å². The summed E-state index contributed by atoms with van der Waals surface area (Å²) >= 11 is 0. The van der Waals surface area contributed by atoms with E-state index in [9.17, 15) is 14.7 Å². The normalized spacial score (nSPS) is 13.6. The van der Waals surface area contributed by atoms with Crippen LogP contribution in [0, 0.1) is 0 Å². The Kier molecular flexibility index (Phi) is 8.19. The van der Waals surface area contributed by atoms with E-state index in [4.69, 9.17) is 18.9 Å². The molecule has 0 bridgehead atoms. The average Bonchev–Trinajstić information content (AvgIpc) is 2.84. The lowest BCUT2D eigenvalue weighted by molar-refractivity contribution is -0.139. The minimum Gasteiger partial charge on any atom is -0.508 e. The van der Waals surface area contributed by atoms with Gasteiger partial charge in [-0.1, -0.05) is 18.2 Å². The number of methoxy groups -OCH3 is 2. The molecule has 0 atom stereocenters. The fourth-order valence-corrected chi connectivity index (χ4v) is 3.79. The van der Waals surface area contributed by atoms with Gasteiger partial charge in [-0.05, 0) is 49.2 Å². The van der Waals surface area contributed by atoms with Gasteiger partial charge in [0, 0.05) is 18.9 Å². The van der Waals surface area contributed by atoms with Crippen LogP contribution in [-0.4, -0.2) is 49.4 Å². The lowest BCUT2D eigenvalue weighted by Crippen LogP contribution is -2.29. The van der Waals surface area contributed by atoms with E-state index in [0.29, 0.717) is 34.8 Å². The summed E-state index contributed by atoms with van der Waals surface area (Å²) in [5.74, 6) is -0.523. The first kappa shape index (κ1) is 24.7. The first-order valence-corrected chi connectivity index (χ1v) is 10.9. The lowest BCUT2D eigenvalue weighted by atomic mass is 9.83. The summed E-state index contributed by atoms with van der Waals surface area (Å²) in [6.45, 7) is 4.17. The number of phenolic OH excluding ortho intramolecular Hbond substituents is 1. The molecule has 2 aromatic carbocycles. The number of carbonyl (C=O) groups excluding carboxylic acids is 2. The third-order valence-electron chi connectivity index (χ3n) is 5.29. The van der Waals surface area contributed by atoms with E-state index in [2.05, 4.69) is 0 Å². The number of benzene rings is 2. The van der Waals surface area contributed by atoms with Crippen molar-refractivity contribution >= 4 is 11.9 Å². The van der Waals surface area contributed by atoms with Gasteiger partial charge in [0.05, 0.1) is 44.5 Å². The van der Waals surface area contributed by atoms with Crippen LogP contribution < -0.4 is 9.47 Å². The van der Waals surface area contributed by atoms with Gasteiger partial charge in [0.2, 0.25) is 0 Å². The van der Waals surface area contributed by atoms with E-state index in [-0.39, 0.29) is 19.0 Å². The molecule has 1 heterocycles. The van der Waals surface area contributed by atoms with Gasteiger partial charge < -0.3 is 29.0 Å². The number of esters is 2. The zero-order valence-corrected chi connectivity index (χ0v) is 19.7. The number of phenols is 1. The molecule has 8 heteroatoms. The summed E-state index contributed by atoms with van der Waals surface area (Å²) in [6.07, 6.45) is 3.35. The van der Waals surface area contributed by atoms with E-state index in [0.717, 1.165) is 5.56 Å². The molecular weight excluding hydrogens is 438 g/mol. The molecule has 0 saturated carbocycles. The summed E-state index contributed by atoms with van der Waals surface area (Å²) in [6, 6.07) is 11.9. The first-order chi connectivity index (χ1) is 16.4. The van der Waals surface area contributed by atoms with E-state index in [1.807, 2.05) is 12.1 Å². The van der Waals surface area contributed by atoms with Gasteiger partial charge in [0.25, 0.3) is 0 Å². The van der Waals surface area contributed by atoms with Crippen molar-refractivity contribution in [2.75, 3.05) is 27.4 Å². The van der Waals surface area contributed by atoms with Crippen LogP contribution in [0.5, 0.6) is 17.2 Å². The Morgan fingerprint density at radius 2 is 1.41 bits per heavy atom. The summed E-state index contributed by atoms with van der Waals surface area (Å²) in [5.41, 5.74) is 2.11. The van der Waals surface area contributed by atoms with Crippen molar-refractivity contribution in [2.24, 2.45) is 0 Å². The van der Waals surface area contributed by atoms with Crippen LogP contribution in [0.25, 0.3) is 0 Å². The van der Waals surface area contributed by atoms with Gasteiger partial charge in [0.1, 0.15) is 5.75 Å². The maximum atomic E-state index is 13.0. The maximum Gasteiger partial charge on any atom is 0.336 e. The van der Waals surface area contributed by atoms with Crippen LogP contribution in [0.1, 0.15) is 30.9 Å². The number of hydrogen-bond donors (Lipinski definition) is 1. The Labute approximate surface area is 199 Å². The molecule has 8 nitrogen and oxygen atoms in total. The van der Waals surface area contributed by atoms with Crippen LogP contribution in [0.3, 0.4) is 0 Å². The molecule has 1 N–H and O–H groups in total. The highest BCUT2D eigenvalue weighted by molar-refractivity contribution is 5.98. The number of ether oxygens (including phenoxy) is 4. The largest absolute Gasteiger partial charge is 0.508 e. The Morgan fingerprint density at radius 3 is 1.91 bits per heavy atom. The highest BCUT2D eigenvalue weighted by Crippen LogP contribution is 2.38. The standard InChI is InChI=1S/C26H29NO7/c1-5-33-25(29)20-15-27(14-17-7-12-22(31-3)23(13-17)32-4)16-21(26(30)34-6-2)24(20)18-8-10-19(28)11-9-18/h7-13,15-16,24,28H,5-6,14H2,1-4H3. The fourth-order valence-electron chi connectivity index (χ4n) is 3.79. The predicted octanol–water partition coefficient (Wildman–Crippen LogP) is 3.90. The van der Waals surface area contributed by atoms with Gasteiger partial charge >= 0.3 is 11.9 Å². The summed E-state index contributed by atoms with van der Waals surface area (Å²) in [7, 11) is 3.12. The topological polar surface area (TPSA) is 94.5 Å². The minimum atomic E-state index is -0.708. The number of aromatic hydroxyl groups is 1. The molecule has 0 radical (unpaired) electrons. The molecule has 0 spiro atoms. The van der Waals surface area contributed by atoms with Crippen molar-refractivity contribution in [3.05, 3.63) is 77.1 Å². The Balaban J connectivity index is 2.07. The molecule has 2 aromatic rings. The van der Waals surface area contributed by atoms with Crippen LogP contribution in [0.4, 0.5) is 0 Å². The Morgan fingerprint density at radius 1 is 0.853 bits per heavy atom. The zero-order chi connectivity index (χ0) is 24.7. The Bertz CT molecular complexity index is 1050. The number of rotatable bonds is 9. The number of nitrogens with zero attached hydrogens (tertiary/aromatic N) is 1. The molecule has 1 aliphatic rings. The molecular formula is C26H29NO7. The molecule has 0 aliphatic carbocycles. The van der Waals surface area contributed by atoms with E-state index in [1.54, 1.807) is 63.6 Å². The van der Waals surface area contributed by atoms with Crippen LogP contribution in [0.2, 0.25) is 0 Å². The number of hydrogen-bond acceptors (Lipinski definition) is 8. The highest BCUT2D eigenvalue weighted by Gasteiger charge is 2.35. The van der Waals surface area contributed by atoms with Crippen molar-refractivity contribution in [1.29, 1.82) is 0 Å². The minimum absolute atomic E-state index is 0.0815. The van der Waals surface area contributed by atoms with Gasteiger partial charge in [-0.25, -0.2) is 9.59 Å². The second kappa shape index (κ2) is 11.3. The quantitative estimate of drug-likeness (QED) is 0.555. The summed E-state index contributed by atoms with van der Waals surface area (Å²) < 4.78 is 21.3. The van der Waals surface area contributed by atoms with Crippen LogP contribution in [0.15, 0.2) is 66.0 Å². The Hall–Kier alpha value is -3.94. The zero-order valence-electron chi connectivity index (χ0n) is 19.7. The average molecular weight is 468 g/mol. The van der Waals surface area contributed by atoms with E-state index >= 15 is 0 Å². The molecule has 3 rings (SSSR count).